The lowest BCUT2D eigenvalue weighted by molar-refractivity contribution is -0.140. The molecule has 0 spiro atoms. The number of nitriles is 1. The average molecular weight is 343 g/mol. The van der Waals surface area contributed by atoms with Gasteiger partial charge in [-0.05, 0) is 31.6 Å². The highest BCUT2D eigenvalue weighted by Gasteiger charge is 2.35. The normalized spacial score (nSPS) is 17.0. The molecule has 0 N–H and O–H groups in total. The fourth-order valence-corrected chi connectivity index (χ4v) is 3.77. The third-order valence-corrected chi connectivity index (χ3v) is 5.02. The van der Waals surface area contributed by atoms with E-state index in [1.54, 1.807) is 45.8 Å². The van der Waals surface area contributed by atoms with Crippen LogP contribution in [-0.2, 0) is 9.59 Å². The summed E-state index contributed by atoms with van der Waals surface area (Å²) in [5.74, 6) is 0.951. The van der Waals surface area contributed by atoms with Gasteiger partial charge in [0.1, 0.15) is 6.04 Å². The molecule has 0 bridgehead atoms. The first-order chi connectivity index (χ1) is 11.6. The van der Waals surface area contributed by atoms with Crippen LogP contribution in [0.4, 0.5) is 0 Å². The van der Waals surface area contributed by atoms with E-state index < -0.39 is 6.04 Å². The predicted octanol–water partition coefficient (Wildman–Crippen LogP) is 2.34. The molecule has 6 heteroatoms. The largest absolute Gasteiger partial charge is 0.341 e. The van der Waals surface area contributed by atoms with E-state index in [2.05, 4.69) is 6.07 Å². The maximum absolute atomic E-state index is 12.5. The van der Waals surface area contributed by atoms with Crippen LogP contribution in [0.3, 0.4) is 0 Å². The molecule has 126 valence electrons. The molecule has 1 aromatic carbocycles. The molecule has 0 saturated carbocycles. The summed E-state index contributed by atoms with van der Waals surface area (Å²) < 4.78 is 0. The molecule has 2 rings (SSSR count). The Morgan fingerprint density at radius 3 is 2.75 bits per heavy atom. The molecular formula is C18H21N3O2S. The summed E-state index contributed by atoms with van der Waals surface area (Å²) >= 11 is 1.59. The zero-order chi connectivity index (χ0) is 17.5. The second-order valence-corrected chi connectivity index (χ2v) is 6.37. The van der Waals surface area contributed by atoms with Crippen molar-refractivity contribution in [3.05, 3.63) is 41.5 Å². The number of carbonyl (C=O) groups is 2. The number of likely N-dealkylation sites (N-methyl/N-ethyl adjacent to an activating group) is 1. The van der Waals surface area contributed by atoms with Gasteiger partial charge in [-0.2, -0.15) is 5.26 Å². The Balaban J connectivity index is 2.12. The van der Waals surface area contributed by atoms with Gasteiger partial charge in [-0.15, -0.1) is 11.8 Å². The Labute approximate surface area is 146 Å². The maximum atomic E-state index is 12.5. The molecule has 1 fully saturated rings. The fraction of sp³-hybridized carbons (Fsp3) is 0.389. The van der Waals surface area contributed by atoms with Crippen molar-refractivity contribution >= 4 is 29.7 Å². The van der Waals surface area contributed by atoms with Crippen LogP contribution in [0, 0.1) is 11.3 Å². The molecule has 1 aromatic rings. The van der Waals surface area contributed by atoms with Crippen LogP contribution >= 0.6 is 11.8 Å². The van der Waals surface area contributed by atoms with E-state index in [1.165, 1.54) is 6.08 Å². The quantitative estimate of drug-likeness (QED) is 0.770. The van der Waals surface area contributed by atoms with Gasteiger partial charge in [0, 0.05) is 24.9 Å². The van der Waals surface area contributed by atoms with Gasteiger partial charge in [0.25, 0.3) is 0 Å². The van der Waals surface area contributed by atoms with Crippen LogP contribution in [0.5, 0.6) is 0 Å². The van der Waals surface area contributed by atoms with Crippen LogP contribution in [0.15, 0.2) is 30.3 Å². The Morgan fingerprint density at radius 1 is 1.38 bits per heavy atom. The molecule has 0 radical (unpaired) electrons. The molecule has 1 aliphatic heterocycles. The van der Waals surface area contributed by atoms with E-state index in [1.807, 2.05) is 19.9 Å². The zero-order valence-electron chi connectivity index (χ0n) is 13.9. The highest BCUT2D eigenvalue weighted by molar-refractivity contribution is 7.99. The van der Waals surface area contributed by atoms with E-state index in [4.69, 9.17) is 5.26 Å². The average Bonchev–Trinajstić information content (AvgIpc) is 3.10. The van der Waals surface area contributed by atoms with Crippen molar-refractivity contribution in [3.8, 4) is 6.07 Å². The number of hydrogen-bond acceptors (Lipinski definition) is 4. The molecule has 2 amide bonds. The van der Waals surface area contributed by atoms with Crippen LogP contribution in [0.2, 0.25) is 0 Å². The lowest BCUT2D eigenvalue weighted by Gasteiger charge is -2.27. The summed E-state index contributed by atoms with van der Waals surface area (Å²) in [7, 11) is 0. The zero-order valence-corrected chi connectivity index (χ0v) is 14.8. The minimum atomic E-state index is -0.404. The molecule has 1 heterocycles. The van der Waals surface area contributed by atoms with Crippen molar-refractivity contribution < 1.29 is 9.59 Å². The van der Waals surface area contributed by atoms with Gasteiger partial charge >= 0.3 is 0 Å². The first-order valence-electron chi connectivity index (χ1n) is 7.96. The Hall–Kier alpha value is -2.26. The van der Waals surface area contributed by atoms with Crippen LogP contribution in [-0.4, -0.2) is 52.4 Å². The molecule has 1 saturated heterocycles. The van der Waals surface area contributed by atoms with Crippen molar-refractivity contribution in [2.45, 2.75) is 19.9 Å². The van der Waals surface area contributed by atoms with Gasteiger partial charge in [0.15, 0.2) is 0 Å². The molecule has 0 aliphatic carbocycles. The van der Waals surface area contributed by atoms with Crippen molar-refractivity contribution in [2.75, 3.05) is 24.7 Å². The monoisotopic (exact) mass is 343 g/mol. The standard InChI is InChI=1S/C18H21N3O2S/c1-3-20(4-2)18(23)16-12-24-13-21(16)17(22)10-9-14-7-5-6-8-15(14)11-19/h5-10,16H,3-4,12-13H2,1-2H3/b10-9+/t16-/m0/s1. The number of carbonyl (C=O) groups excluding carboxylic acids is 2. The number of rotatable bonds is 5. The molecular weight excluding hydrogens is 322 g/mol. The number of hydrogen-bond donors (Lipinski definition) is 0. The van der Waals surface area contributed by atoms with Gasteiger partial charge < -0.3 is 9.80 Å². The van der Waals surface area contributed by atoms with Crippen molar-refractivity contribution in [1.29, 1.82) is 5.26 Å². The lowest BCUT2D eigenvalue weighted by atomic mass is 10.1. The van der Waals surface area contributed by atoms with Crippen molar-refractivity contribution in [3.63, 3.8) is 0 Å². The highest BCUT2D eigenvalue weighted by Crippen LogP contribution is 2.23. The summed E-state index contributed by atoms with van der Waals surface area (Å²) in [6.07, 6.45) is 3.09. The summed E-state index contributed by atoms with van der Waals surface area (Å²) in [4.78, 5) is 28.4. The molecule has 24 heavy (non-hydrogen) atoms. The summed E-state index contributed by atoms with van der Waals surface area (Å²) in [5, 5.41) is 9.09. The smallest absolute Gasteiger partial charge is 0.247 e. The minimum Gasteiger partial charge on any atom is -0.341 e. The first kappa shape index (κ1) is 18.1. The summed E-state index contributed by atoms with van der Waals surface area (Å²) in [6, 6.07) is 8.81. The van der Waals surface area contributed by atoms with Gasteiger partial charge in [-0.3, -0.25) is 9.59 Å². The maximum Gasteiger partial charge on any atom is 0.247 e. The number of nitrogens with zero attached hydrogens (tertiary/aromatic N) is 3. The number of thioether (sulfide) groups is 1. The molecule has 1 atom stereocenters. The van der Waals surface area contributed by atoms with Crippen LogP contribution in [0.25, 0.3) is 6.08 Å². The summed E-state index contributed by atoms with van der Waals surface area (Å²) in [6.45, 7) is 5.16. The van der Waals surface area contributed by atoms with Crippen LogP contribution < -0.4 is 0 Å². The third kappa shape index (κ3) is 3.98. The molecule has 0 unspecified atom stereocenters. The van der Waals surface area contributed by atoms with Crippen LogP contribution in [0.1, 0.15) is 25.0 Å². The van der Waals surface area contributed by atoms with E-state index in [0.717, 1.165) is 0 Å². The van der Waals surface area contributed by atoms with E-state index >= 15 is 0 Å². The lowest BCUT2D eigenvalue weighted by Crippen LogP contribution is -2.48. The van der Waals surface area contributed by atoms with E-state index in [9.17, 15) is 9.59 Å². The second kappa shape index (κ2) is 8.55. The fourth-order valence-electron chi connectivity index (χ4n) is 2.61. The van der Waals surface area contributed by atoms with E-state index in [-0.39, 0.29) is 11.8 Å². The second-order valence-electron chi connectivity index (χ2n) is 5.37. The first-order valence-corrected chi connectivity index (χ1v) is 9.12. The van der Waals surface area contributed by atoms with Crippen molar-refractivity contribution in [2.24, 2.45) is 0 Å². The molecule has 0 aromatic heterocycles. The third-order valence-electron chi connectivity index (χ3n) is 4.01. The Kier molecular flexibility index (Phi) is 6.44. The van der Waals surface area contributed by atoms with Gasteiger partial charge in [-0.1, -0.05) is 18.2 Å². The molecule has 1 aliphatic rings. The van der Waals surface area contributed by atoms with Crippen molar-refractivity contribution in [1.82, 2.24) is 9.80 Å². The van der Waals surface area contributed by atoms with Gasteiger partial charge in [0.2, 0.25) is 11.8 Å². The van der Waals surface area contributed by atoms with Gasteiger partial charge in [-0.25, -0.2) is 0 Å². The highest BCUT2D eigenvalue weighted by atomic mass is 32.2. The topological polar surface area (TPSA) is 64.4 Å². The minimum absolute atomic E-state index is 0.00387. The van der Waals surface area contributed by atoms with Gasteiger partial charge in [0.05, 0.1) is 17.5 Å². The van der Waals surface area contributed by atoms with E-state index in [0.29, 0.717) is 35.8 Å². The Bertz CT molecular complexity index is 677. The SMILES string of the molecule is CCN(CC)C(=O)[C@@H]1CSCN1C(=O)/C=C/c1ccccc1C#N. The predicted molar refractivity (Wildman–Crippen MR) is 96.1 cm³/mol. The number of benzene rings is 1. The molecule has 5 nitrogen and oxygen atoms in total. The summed E-state index contributed by atoms with van der Waals surface area (Å²) in [5.41, 5.74) is 1.22. The Morgan fingerprint density at radius 2 is 2.08 bits per heavy atom. The number of amides is 2.